The minimum atomic E-state index is 0.0773. The highest BCUT2D eigenvalue weighted by atomic mass is 35.5. The zero-order chi connectivity index (χ0) is 12.3. The average Bonchev–Trinajstić information content (AvgIpc) is 2.57. The number of hydrogen-bond donors (Lipinski definition) is 0. The van der Waals surface area contributed by atoms with Gasteiger partial charge >= 0.3 is 0 Å². The molecule has 1 aliphatic carbocycles. The minimum Gasteiger partial charge on any atom is -0.198 e. The monoisotopic (exact) mass is 267 g/mol. The SMILES string of the molecule is N#CC1CCCCCC1c1cccc(Cl)c1Cl. The molecule has 2 unspecified atom stereocenters. The number of rotatable bonds is 1. The standard InChI is InChI=1S/C14H15Cl2N/c15-13-8-4-7-12(14(13)16)11-6-3-1-2-5-10(11)9-17/h4,7-8,10-11H,1-3,5-6H2. The fourth-order valence-electron chi connectivity index (χ4n) is 2.64. The molecule has 0 heterocycles. The fourth-order valence-corrected chi connectivity index (χ4v) is 3.09. The van der Waals surface area contributed by atoms with E-state index in [0.29, 0.717) is 10.0 Å². The van der Waals surface area contributed by atoms with Crippen LogP contribution in [-0.2, 0) is 0 Å². The van der Waals surface area contributed by atoms with Crippen LogP contribution in [0.3, 0.4) is 0 Å². The van der Waals surface area contributed by atoms with Crippen molar-refractivity contribution in [1.82, 2.24) is 0 Å². The van der Waals surface area contributed by atoms with Gasteiger partial charge < -0.3 is 0 Å². The Hall–Kier alpha value is -0.710. The van der Waals surface area contributed by atoms with Crippen molar-refractivity contribution < 1.29 is 0 Å². The summed E-state index contributed by atoms with van der Waals surface area (Å²) in [5.41, 5.74) is 1.05. The second-order valence-electron chi connectivity index (χ2n) is 4.62. The van der Waals surface area contributed by atoms with Crippen LogP contribution in [0.2, 0.25) is 10.0 Å². The number of nitrogens with zero attached hydrogens (tertiary/aromatic N) is 1. The molecule has 0 amide bonds. The van der Waals surface area contributed by atoms with Gasteiger partial charge in [0.15, 0.2) is 0 Å². The second kappa shape index (κ2) is 5.76. The lowest BCUT2D eigenvalue weighted by molar-refractivity contribution is 0.490. The van der Waals surface area contributed by atoms with Crippen molar-refractivity contribution >= 4 is 23.2 Å². The predicted molar refractivity (Wildman–Crippen MR) is 71.4 cm³/mol. The molecule has 90 valence electrons. The molecule has 0 aliphatic heterocycles. The average molecular weight is 268 g/mol. The van der Waals surface area contributed by atoms with Gasteiger partial charge in [0.25, 0.3) is 0 Å². The van der Waals surface area contributed by atoms with Crippen molar-refractivity contribution in [3.8, 4) is 6.07 Å². The molecule has 1 aromatic rings. The van der Waals surface area contributed by atoms with Crippen LogP contribution in [-0.4, -0.2) is 0 Å². The molecule has 0 saturated heterocycles. The molecule has 1 fully saturated rings. The molecule has 0 radical (unpaired) electrons. The van der Waals surface area contributed by atoms with Gasteiger partial charge in [0.1, 0.15) is 0 Å². The highest BCUT2D eigenvalue weighted by Crippen LogP contribution is 2.41. The summed E-state index contributed by atoms with van der Waals surface area (Å²) in [4.78, 5) is 0. The van der Waals surface area contributed by atoms with Crippen molar-refractivity contribution in [2.75, 3.05) is 0 Å². The van der Waals surface area contributed by atoms with E-state index in [-0.39, 0.29) is 11.8 Å². The van der Waals surface area contributed by atoms with Crippen molar-refractivity contribution in [2.24, 2.45) is 5.92 Å². The number of nitriles is 1. The normalized spacial score (nSPS) is 25.0. The first-order chi connectivity index (χ1) is 8.24. The molecule has 1 aliphatic rings. The summed E-state index contributed by atoms with van der Waals surface area (Å²) in [5.74, 6) is 0.321. The van der Waals surface area contributed by atoms with Crippen LogP contribution in [0.1, 0.15) is 43.6 Å². The Kier molecular flexibility index (Phi) is 4.31. The molecule has 1 nitrogen and oxygen atoms in total. The third-order valence-electron chi connectivity index (χ3n) is 3.56. The number of hydrogen-bond acceptors (Lipinski definition) is 1. The van der Waals surface area contributed by atoms with Gasteiger partial charge in [0.2, 0.25) is 0 Å². The van der Waals surface area contributed by atoms with Crippen molar-refractivity contribution in [1.29, 1.82) is 5.26 Å². The first-order valence-electron chi connectivity index (χ1n) is 6.07. The molecule has 0 spiro atoms. The van der Waals surface area contributed by atoms with Crippen LogP contribution < -0.4 is 0 Å². The molecular formula is C14H15Cl2N. The lowest BCUT2D eigenvalue weighted by Gasteiger charge is -2.21. The maximum Gasteiger partial charge on any atom is 0.0662 e. The van der Waals surface area contributed by atoms with Crippen molar-refractivity contribution in [3.63, 3.8) is 0 Å². The lowest BCUT2D eigenvalue weighted by atomic mass is 9.83. The molecule has 1 aromatic carbocycles. The molecule has 17 heavy (non-hydrogen) atoms. The van der Waals surface area contributed by atoms with Gasteiger partial charge in [0, 0.05) is 5.92 Å². The van der Waals surface area contributed by atoms with Crippen LogP contribution in [0, 0.1) is 17.2 Å². The zero-order valence-corrected chi connectivity index (χ0v) is 11.1. The topological polar surface area (TPSA) is 23.8 Å². The smallest absolute Gasteiger partial charge is 0.0662 e. The summed E-state index contributed by atoms with van der Waals surface area (Å²) < 4.78 is 0. The second-order valence-corrected chi connectivity index (χ2v) is 5.41. The molecule has 0 bridgehead atoms. The van der Waals surface area contributed by atoms with E-state index >= 15 is 0 Å². The highest BCUT2D eigenvalue weighted by molar-refractivity contribution is 6.42. The minimum absolute atomic E-state index is 0.0773. The highest BCUT2D eigenvalue weighted by Gasteiger charge is 2.27. The lowest BCUT2D eigenvalue weighted by Crippen LogP contribution is -2.10. The molecule has 1 saturated carbocycles. The number of benzene rings is 1. The first kappa shape index (κ1) is 12.7. The van der Waals surface area contributed by atoms with Gasteiger partial charge in [-0.15, -0.1) is 0 Å². The van der Waals surface area contributed by atoms with E-state index in [1.807, 2.05) is 12.1 Å². The molecule has 2 rings (SSSR count). The van der Waals surface area contributed by atoms with Crippen LogP contribution in [0.5, 0.6) is 0 Å². The van der Waals surface area contributed by atoms with E-state index in [1.54, 1.807) is 6.07 Å². The van der Waals surface area contributed by atoms with Crippen molar-refractivity contribution in [2.45, 2.75) is 38.0 Å². The quantitative estimate of drug-likeness (QED) is 0.643. The van der Waals surface area contributed by atoms with E-state index < -0.39 is 0 Å². The predicted octanol–water partition coefficient (Wildman–Crippen LogP) is 5.18. The Morgan fingerprint density at radius 2 is 1.88 bits per heavy atom. The third kappa shape index (κ3) is 2.76. The Labute approximate surface area is 112 Å². The molecular weight excluding hydrogens is 253 g/mol. The van der Waals surface area contributed by atoms with E-state index in [2.05, 4.69) is 6.07 Å². The summed E-state index contributed by atoms with van der Waals surface area (Å²) in [6, 6.07) is 8.16. The Bertz CT molecular complexity index is 436. The van der Waals surface area contributed by atoms with Crippen LogP contribution >= 0.6 is 23.2 Å². The Morgan fingerprint density at radius 3 is 2.65 bits per heavy atom. The summed E-state index contributed by atoms with van der Waals surface area (Å²) in [6.07, 6.45) is 5.55. The van der Waals surface area contributed by atoms with Gasteiger partial charge in [-0.3, -0.25) is 0 Å². The van der Waals surface area contributed by atoms with Crippen LogP contribution in [0.4, 0.5) is 0 Å². The first-order valence-corrected chi connectivity index (χ1v) is 6.83. The Morgan fingerprint density at radius 1 is 1.12 bits per heavy atom. The van der Waals surface area contributed by atoms with Crippen LogP contribution in [0.25, 0.3) is 0 Å². The molecule has 3 heteroatoms. The van der Waals surface area contributed by atoms with E-state index in [9.17, 15) is 5.26 Å². The molecule has 0 aromatic heterocycles. The summed E-state index contributed by atoms with van der Waals surface area (Å²) >= 11 is 12.3. The van der Waals surface area contributed by atoms with Gasteiger partial charge in [-0.05, 0) is 24.5 Å². The number of halogens is 2. The van der Waals surface area contributed by atoms with Gasteiger partial charge in [-0.2, -0.15) is 5.26 Å². The summed E-state index contributed by atoms with van der Waals surface area (Å²) in [7, 11) is 0. The summed E-state index contributed by atoms with van der Waals surface area (Å²) in [5, 5.41) is 10.5. The van der Waals surface area contributed by atoms with E-state index in [4.69, 9.17) is 23.2 Å². The Balaban J connectivity index is 2.36. The molecule has 0 N–H and O–H groups in total. The van der Waals surface area contributed by atoms with Gasteiger partial charge in [-0.25, -0.2) is 0 Å². The van der Waals surface area contributed by atoms with Crippen LogP contribution in [0.15, 0.2) is 18.2 Å². The largest absolute Gasteiger partial charge is 0.198 e. The maximum atomic E-state index is 9.28. The third-order valence-corrected chi connectivity index (χ3v) is 4.40. The van der Waals surface area contributed by atoms with Crippen molar-refractivity contribution in [3.05, 3.63) is 33.8 Å². The van der Waals surface area contributed by atoms with Gasteiger partial charge in [0.05, 0.1) is 22.0 Å². The maximum absolute atomic E-state index is 9.28. The zero-order valence-electron chi connectivity index (χ0n) is 9.63. The van der Waals surface area contributed by atoms with E-state index in [1.165, 1.54) is 12.8 Å². The summed E-state index contributed by atoms with van der Waals surface area (Å²) in [6.45, 7) is 0. The van der Waals surface area contributed by atoms with E-state index in [0.717, 1.165) is 24.8 Å². The molecule has 2 atom stereocenters. The van der Waals surface area contributed by atoms with Gasteiger partial charge in [-0.1, -0.05) is 54.6 Å². The fraction of sp³-hybridized carbons (Fsp3) is 0.500.